The van der Waals surface area contributed by atoms with Crippen LogP contribution in [-0.2, 0) is 10.0 Å². The molecule has 0 spiro atoms. The molecule has 0 radical (unpaired) electrons. The Hall–Kier alpha value is -3.43. The molecule has 0 saturated carbocycles. The SMILES string of the molecule is O=[N+]([O-])c1cc(S(=O)(=O)N2CCCC2)ccc1Oc1ccc(Oc2ccccc2)cc1. The van der Waals surface area contributed by atoms with Crippen LogP contribution in [0.15, 0.2) is 77.7 Å². The highest BCUT2D eigenvalue weighted by molar-refractivity contribution is 7.89. The van der Waals surface area contributed by atoms with Crippen molar-refractivity contribution in [2.24, 2.45) is 0 Å². The predicted octanol–water partition coefficient (Wildman–Crippen LogP) is 4.96. The van der Waals surface area contributed by atoms with Crippen molar-refractivity contribution >= 4 is 15.7 Å². The maximum atomic E-state index is 12.7. The molecule has 1 saturated heterocycles. The lowest BCUT2D eigenvalue weighted by Gasteiger charge is -2.16. The van der Waals surface area contributed by atoms with Crippen LogP contribution in [0.4, 0.5) is 5.69 Å². The Morgan fingerprint density at radius 1 is 0.806 bits per heavy atom. The standard InChI is InChI=1S/C22H20N2O6S/c25-24(26)21-16-20(31(27,28)23-14-4-5-15-23)12-13-22(21)30-19-10-8-18(9-11-19)29-17-6-2-1-3-7-17/h1-3,6-13,16H,4-5,14-15H2. The average Bonchev–Trinajstić information content (AvgIpc) is 3.32. The number of nitro benzene ring substituents is 1. The van der Waals surface area contributed by atoms with Crippen LogP contribution in [0.5, 0.6) is 23.0 Å². The van der Waals surface area contributed by atoms with Crippen molar-refractivity contribution in [2.45, 2.75) is 17.7 Å². The number of hydrogen-bond donors (Lipinski definition) is 0. The molecule has 0 bridgehead atoms. The van der Waals surface area contributed by atoms with Gasteiger partial charge in [0.2, 0.25) is 15.8 Å². The number of nitro groups is 1. The summed E-state index contributed by atoms with van der Waals surface area (Å²) in [6, 6.07) is 19.6. The highest BCUT2D eigenvalue weighted by Crippen LogP contribution is 2.35. The van der Waals surface area contributed by atoms with Crippen LogP contribution in [0, 0.1) is 10.1 Å². The number of hydrogen-bond acceptors (Lipinski definition) is 6. The summed E-state index contributed by atoms with van der Waals surface area (Å²) in [6.45, 7) is 0.845. The minimum absolute atomic E-state index is 0.0397. The maximum Gasteiger partial charge on any atom is 0.312 e. The third kappa shape index (κ3) is 4.68. The first-order valence-electron chi connectivity index (χ1n) is 9.73. The molecule has 3 aromatic carbocycles. The van der Waals surface area contributed by atoms with Crippen LogP contribution < -0.4 is 9.47 Å². The second-order valence-corrected chi connectivity index (χ2v) is 8.92. The minimum Gasteiger partial charge on any atom is -0.457 e. The Morgan fingerprint density at radius 2 is 1.39 bits per heavy atom. The second kappa shape index (κ2) is 8.75. The molecular weight excluding hydrogens is 420 g/mol. The van der Waals surface area contributed by atoms with Crippen LogP contribution in [0.2, 0.25) is 0 Å². The van der Waals surface area contributed by atoms with Gasteiger partial charge in [0.25, 0.3) is 0 Å². The minimum atomic E-state index is -3.76. The van der Waals surface area contributed by atoms with Gasteiger partial charge in [0.05, 0.1) is 9.82 Å². The van der Waals surface area contributed by atoms with Crippen LogP contribution in [0.3, 0.4) is 0 Å². The summed E-state index contributed by atoms with van der Waals surface area (Å²) in [6.07, 6.45) is 1.57. The first-order chi connectivity index (χ1) is 14.9. The molecule has 0 unspecified atom stereocenters. The van der Waals surface area contributed by atoms with Gasteiger partial charge in [0.1, 0.15) is 17.2 Å². The van der Waals surface area contributed by atoms with Crippen molar-refractivity contribution in [2.75, 3.05) is 13.1 Å². The van der Waals surface area contributed by atoms with Gasteiger partial charge < -0.3 is 9.47 Å². The van der Waals surface area contributed by atoms with E-state index in [0.29, 0.717) is 30.3 Å². The van der Waals surface area contributed by atoms with E-state index in [1.54, 1.807) is 24.3 Å². The van der Waals surface area contributed by atoms with E-state index in [4.69, 9.17) is 9.47 Å². The maximum absolute atomic E-state index is 12.7. The Morgan fingerprint density at radius 3 is 2.00 bits per heavy atom. The molecule has 1 fully saturated rings. The number of sulfonamides is 1. The molecule has 4 rings (SSSR count). The van der Waals surface area contributed by atoms with Gasteiger partial charge >= 0.3 is 5.69 Å². The quantitative estimate of drug-likeness (QED) is 0.380. The fraction of sp³-hybridized carbons (Fsp3) is 0.182. The molecule has 1 heterocycles. The van der Waals surface area contributed by atoms with Crippen molar-refractivity contribution in [1.82, 2.24) is 4.31 Å². The van der Waals surface area contributed by atoms with Gasteiger partial charge in [-0.2, -0.15) is 4.31 Å². The Balaban J connectivity index is 1.54. The van der Waals surface area contributed by atoms with Gasteiger partial charge in [-0.25, -0.2) is 8.42 Å². The lowest BCUT2D eigenvalue weighted by molar-refractivity contribution is -0.385. The van der Waals surface area contributed by atoms with Crippen molar-refractivity contribution in [3.8, 4) is 23.0 Å². The highest BCUT2D eigenvalue weighted by Gasteiger charge is 2.30. The molecule has 1 aliphatic rings. The first-order valence-corrected chi connectivity index (χ1v) is 11.2. The number of ether oxygens (including phenoxy) is 2. The van der Waals surface area contributed by atoms with Gasteiger partial charge in [-0.05, 0) is 61.4 Å². The summed E-state index contributed by atoms with van der Waals surface area (Å²) >= 11 is 0. The molecule has 1 aliphatic heterocycles. The molecular formula is C22H20N2O6S. The fourth-order valence-electron chi connectivity index (χ4n) is 3.29. The molecule has 9 heteroatoms. The molecule has 3 aromatic rings. The van der Waals surface area contributed by atoms with Gasteiger partial charge in [-0.3, -0.25) is 10.1 Å². The molecule has 0 atom stereocenters. The van der Waals surface area contributed by atoms with E-state index in [1.807, 2.05) is 30.3 Å². The largest absolute Gasteiger partial charge is 0.457 e. The zero-order valence-electron chi connectivity index (χ0n) is 16.5. The van der Waals surface area contributed by atoms with E-state index < -0.39 is 20.6 Å². The highest BCUT2D eigenvalue weighted by atomic mass is 32.2. The summed E-state index contributed by atoms with van der Waals surface area (Å²) < 4.78 is 38.2. The van der Waals surface area contributed by atoms with Crippen LogP contribution in [0.1, 0.15) is 12.8 Å². The van der Waals surface area contributed by atoms with E-state index in [9.17, 15) is 18.5 Å². The van der Waals surface area contributed by atoms with Crippen LogP contribution >= 0.6 is 0 Å². The smallest absolute Gasteiger partial charge is 0.312 e. The monoisotopic (exact) mass is 440 g/mol. The number of para-hydroxylation sites is 1. The van der Waals surface area contributed by atoms with Crippen LogP contribution in [0.25, 0.3) is 0 Å². The molecule has 0 aliphatic carbocycles. The van der Waals surface area contributed by atoms with Gasteiger partial charge in [0, 0.05) is 19.2 Å². The second-order valence-electron chi connectivity index (χ2n) is 6.99. The zero-order valence-corrected chi connectivity index (χ0v) is 17.3. The number of benzene rings is 3. The lowest BCUT2D eigenvalue weighted by atomic mass is 10.3. The van der Waals surface area contributed by atoms with Crippen molar-refractivity contribution in [3.63, 3.8) is 0 Å². The topological polar surface area (TPSA) is 99.0 Å². The Kier molecular flexibility index (Phi) is 5.88. The van der Waals surface area contributed by atoms with Crippen molar-refractivity contribution in [1.29, 1.82) is 0 Å². The molecule has 160 valence electrons. The van der Waals surface area contributed by atoms with Gasteiger partial charge in [0.15, 0.2) is 0 Å². The van der Waals surface area contributed by atoms with Gasteiger partial charge in [-0.15, -0.1) is 0 Å². The van der Waals surface area contributed by atoms with Crippen molar-refractivity contribution in [3.05, 3.63) is 82.9 Å². The normalized spacial score (nSPS) is 14.3. The fourth-order valence-corrected chi connectivity index (χ4v) is 4.83. The van der Waals surface area contributed by atoms with Gasteiger partial charge in [-0.1, -0.05) is 18.2 Å². The number of nitrogens with zero attached hydrogens (tertiary/aromatic N) is 2. The Labute approximate surface area is 179 Å². The summed E-state index contributed by atoms with van der Waals surface area (Å²) in [5.74, 6) is 1.59. The molecule has 31 heavy (non-hydrogen) atoms. The molecule has 0 aromatic heterocycles. The average molecular weight is 440 g/mol. The summed E-state index contributed by atoms with van der Waals surface area (Å²) in [4.78, 5) is 10.8. The summed E-state index contributed by atoms with van der Waals surface area (Å²) in [7, 11) is -3.76. The third-order valence-electron chi connectivity index (χ3n) is 4.86. The van der Waals surface area contributed by atoms with E-state index >= 15 is 0 Å². The summed E-state index contributed by atoms with van der Waals surface area (Å²) in [5, 5.41) is 11.6. The molecule has 8 nitrogen and oxygen atoms in total. The zero-order chi connectivity index (χ0) is 21.8. The lowest BCUT2D eigenvalue weighted by Crippen LogP contribution is -2.27. The Bertz CT molecular complexity index is 1170. The van der Waals surface area contributed by atoms with E-state index in [0.717, 1.165) is 18.9 Å². The molecule has 0 amide bonds. The van der Waals surface area contributed by atoms with E-state index in [1.165, 1.54) is 16.4 Å². The predicted molar refractivity (Wildman–Crippen MR) is 114 cm³/mol. The summed E-state index contributed by atoms with van der Waals surface area (Å²) in [5.41, 5.74) is -0.412. The van der Waals surface area contributed by atoms with Crippen LogP contribution in [-0.4, -0.2) is 30.7 Å². The first kappa shape index (κ1) is 20.8. The van der Waals surface area contributed by atoms with E-state index in [2.05, 4.69) is 0 Å². The van der Waals surface area contributed by atoms with E-state index in [-0.39, 0.29) is 10.6 Å². The van der Waals surface area contributed by atoms with Crippen molar-refractivity contribution < 1.29 is 22.8 Å². The third-order valence-corrected chi connectivity index (χ3v) is 6.75. The number of rotatable bonds is 7. The molecule has 0 N–H and O–H groups in total.